The van der Waals surface area contributed by atoms with Crippen LogP contribution in [0.25, 0.3) is 10.8 Å². The van der Waals surface area contributed by atoms with E-state index in [1.165, 1.54) is 0 Å². The van der Waals surface area contributed by atoms with E-state index in [9.17, 15) is 5.26 Å². The van der Waals surface area contributed by atoms with E-state index in [1.807, 2.05) is 30.3 Å². The number of hydrogen-bond donors (Lipinski definition) is 0. The van der Waals surface area contributed by atoms with Crippen LogP contribution in [0.3, 0.4) is 0 Å². The van der Waals surface area contributed by atoms with Crippen molar-refractivity contribution >= 4 is 16.5 Å². The fraction of sp³-hybridized carbons (Fsp3) is 0.389. The Morgan fingerprint density at radius 1 is 1.18 bits per heavy atom. The van der Waals surface area contributed by atoms with Gasteiger partial charge in [-0.2, -0.15) is 5.26 Å². The maximum Gasteiger partial charge on any atom is 0.0998 e. The lowest BCUT2D eigenvalue weighted by Gasteiger charge is -2.27. The van der Waals surface area contributed by atoms with Crippen LogP contribution in [0.1, 0.15) is 12.0 Å². The van der Waals surface area contributed by atoms with Gasteiger partial charge in [-0.05, 0) is 18.6 Å². The second-order valence-corrected chi connectivity index (χ2v) is 5.64. The zero-order valence-corrected chi connectivity index (χ0v) is 13.0. The predicted octanol–water partition coefficient (Wildman–Crippen LogP) is 2.95. The number of ether oxygens (including phenoxy) is 2. The summed E-state index contributed by atoms with van der Waals surface area (Å²) in [5.41, 5.74) is 1.86. The van der Waals surface area contributed by atoms with Gasteiger partial charge in [0.15, 0.2) is 0 Å². The Bertz CT molecular complexity index is 708. The van der Waals surface area contributed by atoms with Crippen molar-refractivity contribution in [2.75, 3.05) is 32.3 Å². The summed E-state index contributed by atoms with van der Waals surface area (Å²) in [5.74, 6) is 0. The summed E-state index contributed by atoms with van der Waals surface area (Å²) in [6.07, 6.45) is 1.17. The van der Waals surface area contributed by atoms with Gasteiger partial charge in [-0.1, -0.05) is 24.3 Å². The monoisotopic (exact) mass is 296 g/mol. The number of rotatable bonds is 4. The van der Waals surface area contributed by atoms with Crippen LogP contribution in [-0.4, -0.2) is 39.5 Å². The van der Waals surface area contributed by atoms with E-state index in [4.69, 9.17) is 9.47 Å². The van der Waals surface area contributed by atoms with Gasteiger partial charge in [0.2, 0.25) is 0 Å². The first-order valence-electron chi connectivity index (χ1n) is 7.48. The number of hydrogen-bond acceptors (Lipinski definition) is 4. The zero-order chi connectivity index (χ0) is 15.5. The molecular weight excluding hydrogens is 276 g/mol. The van der Waals surface area contributed by atoms with Crippen LogP contribution in [-0.2, 0) is 9.47 Å². The third-order valence-electron chi connectivity index (χ3n) is 4.40. The minimum absolute atomic E-state index is 0.217. The van der Waals surface area contributed by atoms with Gasteiger partial charge in [0.25, 0.3) is 0 Å². The summed E-state index contributed by atoms with van der Waals surface area (Å²) in [5, 5.41) is 11.4. The number of nitrogens with zero attached hydrogens (tertiary/aromatic N) is 2. The molecule has 4 heteroatoms. The molecule has 0 radical (unpaired) electrons. The average molecular weight is 296 g/mol. The molecule has 0 aliphatic carbocycles. The van der Waals surface area contributed by atoms with Crippen LogP contribution in [0, 0.1) is 11.3 Å². The summed E-state index contributed by atoms with van der Waals surface area (Å²) in [6, 6.07) is 14.6. The Morgan fingerprint density at radius 3 is 2.64 bits per heavy atom. The molecule has 0 bridgehead atoms. The van der Waals surface area contributed by atoms with E-state index in [2.05, 4.69) is 17.0 Å². The Hall–Kier alpha value is -2.09. The Morgan fingerprint density at radius 2 is 1.95 bits per heavy atom. The third kappa shape index (κ3) is 2.54. The summed E-state index contributed by atoms with van der Waals surface area (Å²) in [7, 11) is 3.49. The first kappa shape index (κ1) is 14.8. The van der Waals surface area contributed by atoms with E-state index in [0.717, 1.165) is 29.4 Å². The standard InChI is InChI=1S/C18H20N2O2/c1-21-12-14-9-15(22-2)11-20(14)18-8-7-13(10-19)16-5-3-4-6-17(16)18/h3-8,14-15H,9,11-12H2,1-2H3. The van der Waals surface area contributed by atoms with Crippen molar-refractivity contribution in [1.82, 2.24) is 0 Å². The molecule has 0 saturated carbocycles. The number of anilines is 1. The van der Waals surface area contributed by atoms with E-state index in [-0.39, 0.29) is 6.10 Å². The molecule has 1 fully saturated rings. The molecule has 3 rings (SSSR count). The molecular formula is C18H20N2O2. The number of nitriles is 1. The van der Waals surface area contributed by atoms with Crippen molar-refractivity contribution in [2.45, 2.75) is 18.6 Å². The minimum Gasteiger partial charge on any atom is -0.383 e. The fourth-order valence-corrected chi connectivity index (χ4v) is 3.32. The van der Waals surface area contributed by atoms with Crippen LogP contribution in [0.15, 0.2) is 36.4 Å². The molecule has 2 atom stereocenters. The van der Waals surface area contributed by atoms with Gasteiger partial charge in [0, 0.05) is 37.2 Å². The average Bonchev–Trinajstić information content (AvgIpc) is 2.97. The number of benzene rings is 2. The molecule has 4 nitrogen and oxygen atoms in total. The predicted molar refractivity (Wildman–Crippen MR) is 87.1 cm³/mol. The molecule has 2 aromatic carbocycles. The van der Waals surface area contributed by atoms with E-state index >= 15 is 0 Å². The van der Waals surface area contributed by atoms with Gasteiger partial charge in [-0.25, -0.2) is 0 Å². The van der Waals surface area contributed by atoms with E-state index in [1.54, 1.807) is 14.2 Å². The lowest BCUT2D eigenvalue weighted by Crippen LogP contribution is -2.33. The highest BCUT2D eigenvalue weighted by Gasteiger charge is 2.33. The van der Waals surface area contributed by atoms with Crippen molar-refractivity contribution in [2.24, 2.45) is 0 Å². The zero-order valence-electron chi connectivity index (χ0n) is 13.0. The smallest absolute Gasteiger partial charge is 0.0998 e. The van der Waals surface area contributed by atoms with Gasteiger partial charge < -0.3 is 14.4 Å². The quantitative estimate of drug-likeness (QED) is 0.870. The van der Waals surface area contributed by atoms with Crippen molar-refractivity contribution in [3.05, 3.63) is 42.0 Å². The number of fused-ring (bicyclic) bond motifs is 1. The van der Waals surface area contributed by atoms with Crippen LogP contribution < -0.4 is 4.90 Å². The van der Waals surface area contributed by atoms with Crippen molar-refractivity contribution in [3.63, 3.8) is 0 Å². The molecule has 2 aromatic rings. The maximum absolute atomic E-state index is 9.30. The first-order chi connectivity index (χ1) is 10.8. The van der Waals surface area contributed by atoms with Gasteiger partial charge in [-0.15, -0.1) is 0 Å². The molecule has 0 amide bonds. The van der Waals surface area contributed by atoms with E-state index < -0.39 is 0 Å². The molecule has 0 N–H and O–H groups in total. The molecule has 1 heterocycles. The van der Waals surface area contributed by atoms with Crippen LogP contribution >= 0.6 is 0 Å². The van der Waals surface area contributed by atoms with Gasteiger partial charge in [0.1, 0.15) is 0 Å². The second-order valence-electron chi connectivity index (χ2n) is 5.64. The van der Waals surface area contributed by atoms with Gasteiger partial charge in [0.05, 0.1) is 30.4 Å². The van der Waals surface area contributed by atoms with Crippen LogP contribution in [0.2, 0.25) is 0 Å². The summed E-state index contributed by atoms with van der Waals surface area (Å²) in [4.78, 5) is 2.35. The largest absolute Gasteiger partial charge is 0.383 e. The molecule has 1 aliphatic rings. The van der Waals surface area contributed by atoms with Crippen LogP contribution in [0.4, 0.5) is 5.69 Å². The lowest BCUT2D eigenvalue weighted by atomic mass is 10.0. The Kier molecular flexibility index (Phi) is 4.28. The van der Waals surface area contributed by atoms with E-state index in [0.29, 0.717) is 18.2 Å². The van der Waals surface area contributed by atoms with Crippen molar-refractivity contribution in [1.29, 1.82) is 5.26 Å². The molecule has 0 aromatic heterocycles. The molecule has 2 unspecified atom stereocenters. The normalized spacial score (nSPS) is 21.2. The fourth-order valence-electron chi connectivity index (χ4n) is 3.32. The molecule has 0 spiro atoms. The molecule has 22 heavy (non-hydrogen) atoms. The van der Waals surface area contributed by atoms with Gasteiger partial charge in [-0.3, -0.25) is 0 Å². The summed E-state index contributed by atoms with van der Waals surface area (Å²) in [6.45, 7) is 1.52. The Labute approximate surface area is 130 Å². The highest BCUT2D eigenvalue weighted by molar-refractivity contribution is 5.98. The first-order valence-corrected chi connectivity index (χ1v) is 7.48. The SMILES string of the molecule is COCC1CC(OC)CN1c1ccc(C#N)c2ccccc12. The summed E-state index contributed by atoms with van der Waals surface area (Å²) < 4.78 is 10.9. The maximum atomic E-state index is 9.30. The van der Waals surface area contributed by atoms with Crippen molar-refractivity contribution < 1.29 is 9.47 Å². The molecule has 114 valence electrons. The summed E-state index contributed by atoms with van der Waals surface area (Å²) >= 11 is 0. The molecule has 1 saturated heterocycles. The Balaban J connectivity index is 2.07. The van der Waals surface area contributed by atoms with Crippen molar-refractivity contribution in [3.8, 4) is 6.07 Å². The highest BCUT2D eigenvalue weighted by atomic mass is 16.5. The third-order valence-corrected chi connectivity index (χ3v) is 4.40. The number of methoxy groups -OCH3 is 2. The molecule has 1 aliphatic heterocycles. The van der Waals surface area contributed by atoms with Crippen LogP contribution in [0.5, 0.6) is 0 Å². The highest BCUT2D eigenvalue weighted by Crippen LogP contribution is 2.34. The lowest BCUT2D eigenvalue weighted by molar-refractivity contribution is 0.111. The van der Waals surface area contributed by atoms with Gasteiger partial charge >= 0.3 is 0 Å². The topological polar surface area (TPSA) is 45.5 Å². The minimum atomic E-state index is 0.217. The second kappa shape index (κ2) is 6.35.